The van der Waals surface area contributed by atoms with Crippen LogP contribution in [0.2, 0.25) is 0 Å². The van der Waals surface area contributed by atoms with Crippen molar-refractivity contribution in [2.24, 2.45) is 16.7 Å². The molecule has 2 nitrogen and oxygen atoms in total. The summed E-state index contributed by atoms with van der Waals surface area (Å²) in [6, 6.07) is 0. The van der Waals surface area contributed by atoms with Crippen LogP contribution in [0.3, 0.4) is 0 Å². The number of allylic oxidation sites excluding steroid dienone is 2. The molecule has 0 unspecified atom stereocenters. The van der Waals surface area contributed by atoms with E-state index in [2.05, 4.69) is 33.8 Å². The van der Waals surface area contributed by atoms with Crippen LogP contribution in [-0.2, 0) is 0 Å². The fourth-order valence-electron chi connectivity index (χ4n) is 3.17. The Bertz CT molecular complexity index is 332. The van der Waals surface area contributed by atoms with Gasteiger partial charge in [0.25, 0.3) is 0 Å². The van der Waals surface area contributed by atoms with Crippen LogP contribution in [0.4, 0.5) is 0 Å². The van der Waals surface area contributed by atoms with Gasteiger partial charge in [0, 0.05) is 0 Å². The number of fused-ring (bicyclic) bond motifs is 1. The molecule has 0 radical (unpaired) electrons. The molecular weight excluding hydrogens is 212 g/mol. The first-order valence-corrected chi connectivity index (χ1v) is 6.79. The summed E-state index contributed by atoms with van der Waals surface area (Å²) >= 11 is 0. The lowest BCUT2D eigenvalue weighted by atomic mass is 9.76. The maximum Gasteiger partial charge on any atom is 0.0628 e. The van der Waals surface area contributed by atoms with Crippen molar-refractivity contribution < 1.29 is 10.2 Å². The van der Waals surface area contributed by atoms with Gasteiger partial charge in [-0.2, -0.15) is 0 Å². The van der Waals surface area contributed by atoms with Gasteiger partial charge in [0.1, 0.15) is 0 Å². The van der Waals surface area contributed by atoms with Gasteiger partial charge in [-0.1, -0.05) is 32.4 Å². The Labute approximate surface area is 105 Å². The summed E-state index contributed by atoms with van der Waals surface area (Å²) < 4.78 is 0. The molecule has 0 heterocycles. The van der Waals surface area contributed by atoms with E-state index in [4.69, 9.17) is 0 Å². The van der Waals surface area contributed by atoms with E-state index >= 15 is 0 Å². The lowest BCUT2D eigenvalue weighted by Crippen LogP contribution is -2.35. The molecule has 0 spiro atoms. The Morgan fingerprint density at radius 3 is 2.53 bits per heavy atom. The van der Waals surface area contributed by atoms with Crippen LogP contribution >= 0.6 is 0 Å². The van der Waals surface area contributed by atoms with Crippen molar-refractivity contribution in [3.8, 4) is 0 Å². The van der Waals surface area contributed by atoms with Crippen molar-refractivity contribution in [3.63, 3.8) is 0 Å². The van der Waals surface area contributed by atoms with E-state index in [0.29, 0.717) is 0 Å². The minimum atomic E-state index is -0.302. The van der Waals surface area contributed by atoms with E-state index in [-0.39, 0.29) is 29.0 Å². The molecule has 0 aliphatic heterocycles. The normalized spacial score (nSPS) is 48.8. The first-order chi connectivity index (χ1) is 7.77. The molecule has 0 aromatic carbocycles. The zero-order chi connectivity index (χ0) is 12.8. The van der Waals surface area contributed by atoms with Gasteiger partial charge in [-0.3, -0.25) is 0 Å². The van der Waals surface area contributed by atoms with Gasteiger partial charge in [-0.15, -0.1) is 0 Å². The average molecular weight is 238 g/mol. The van der Waals surface area contributed by atoms with Crippen LogP contribution in [0.5, 0.6) is 0 Å². The number of hydrogen-bond donors (Lipinski definition) is 2. The topological polar surface area (TPSA) is 40.5 Å². The summed E-state index contributed by atoms with van der Waals surface area (Å²) in [4.78, 5) is 0. The highest BCUT2D eigenvalue weighted by Gasteiger charge is 2.60. The zero-order valence-corrected chi connectivity index (χ0v) is 11.5. The third-order valence-corrected chi connectivity index (χ3v) is 5.08. The molecule has 17 heavy (non-hydrogen) atoms. The summed E-state index contributed by atoms with van der Waals surface area (Å²) in [6.45, 7) is 8.52. The maximum atomic E-state index is 10.5. The summed E-state index contributed by atoms with van der Waals surface area (Å²) in [7, 11) is 0. The minimum absolute atomic E-state index is 0.0473. The van der Waals surface area contributed by atoms with E-state index in [1.807, 2.05) is 0 Å². The zero-order valence-electron chi connectivity index (χ0n) is 11.5. The summed E-state index contributed by atoms with van der Waals surface area (Å²) in [5.74, 6) is 0.277. The predicted molar refractivity (Wildman–Crippen MR) is 69.6 cm³/mol. The molecule has 0 aromatic heterocycles. The second-order valence-corrected chi connectivity index (χ2v) is 7.06. The van der Waals surface area contributed by atoms with Crippen LogP contribution in [0.25, 0.3) is 0 Å². The van der Waals surface area contributed by atoms with Crippen LogP contribution in [-0.4, -0.2) is 22.4 Å². The van der Waals surface area contributed by atoms with Crippen molar-refractivity contribution in [2.75, 3.05) is 0 Å². The molecule has 2 N–H and O–H groups in total. The molecule has 0 aromatic rings. The highest BCUT2D eigenvalue weighted by atomic mass is 16.3. The quantitative estimate of drug-likeness (QED) is 0.637. The highest BCUT2D eigenvalue weighted by Crippen LogP contribution is 2.60. The molecule has 98 valence electrons. The van der Waals surface area contributed by atoms with Crippen LogP contribution in [0.1, 0.15) is 53.4 Å². The van der Waals surface area contributed by atoms with Crippen LogP contribution in [0, 0.1) is 16.7 Å². The van der Waals surface area contributed by atoms with Gasteiger partial charge in [0.15, 0.2) is 0 Å². The van der Waals surface area contributed by atoms with Gasteiger partial charge in [-0.25, -0.2) is 0 Å². The molecule has 2 rings (SSSR count). The molecule has 1 saturated carbocycles. The fourth-order valence-corrected chi connectivity index (χ4v) is 3.17. The Balaban J connectivity index is 2.24. The largest absolute Gasteiger partial charge is 0.393 e. The Hall–Kier alpha value is -0.340. The van der Waals surface area contributed by atoms with Gasteiger partial charge in [0.05, 0.1) is 12.2 Å². The van der Waals surface area contributed by atoms with Crippen molar-refractivity contribution in [3.05, 3.63) is 11.6 Å². The van der Waals surface area contributed by atoms with E-state index < -0.39 is 0 Å². The maximum absolute atomic E-state index is 10.5. The van der Waals surface area contributed by atoms with Crippen LogP contribution in [0.15, 0.2) is 11.6 Å². The molecule has 2 heteroatoms. The van der Waals surface area contributed by atoms with Gasteiger partial charge in [0.2, 0.25) is 0 Å². The SMILES string of the molecule is C/C1=C\CC(C)(C)[C@@H](O)[C@H]2C[C@@]2(C)[C@H](O)CC1. The van der Waals surface area contributed by atoms with Gasteiger partial charge >= 0.3 is 0 Å². The van der Waals surface area contributed by atoms with Gasteiger partial charge < -0.3 is 10.2 Å². The van der Waals surface area contributed by atoms with E-state index in [1.54, 1.807) is 0 Å². The van der Waals surface area contributed by atoms with Crippen molar-refractivity contribution in [2.45, 2.75) is 65.6 Å². The molecule has 2 aliphatic rings. The second-order valence-electron chi connectivity index (χ2n) is 7.06. The van der Waals surface area contributed by atoms with E-state index in [0.717, 1.165) is 25.7 Å². The molecular formula is C15H26O2. The lowest BCUT2D eigenvalue weighted by Gasteiger charge is -2.33. The third kappa shape index (κ3) is 2.30. The molecule has 0 amide bonds. The summed E-state index contributed by atoms with van der Waals surface area (Å²) in [5, 5.41) is 20.8. The highest BCUT2D eigenvalue weighted by molar-refractivity contribution is 5.12. The summed E-state index contributed by atoms with van der Waals surface area (Å²) in [6.07, 6.45) is 5.39. The summed E-state index contributed by atoms with van der Waals surface area (Å²) in [5.41, 5.74) is 1.21. The first-order valence-electron chi connectivity index (χ1n) is 6.79. The standard InChI is InChI=1S/C15H26O2/c1-10-5-6-12(16)15(4)9-11(15)13(17)14(2,3)8-7-10/h7,11-13,16-17H,5-6,8-9H2,1-4H3/b10-7+/t11-,12-,13+,15-/m1/s1. The first kappa shape index (κ1) is 13.1. The van der Waals surface area contributed by atoms with Crippen molar-refractivity contribution in [1.82, 2.24) is 0 Å². The fraction of sp³-hybridized carbons (Fsp3) is 0.867. The minimum Gasteiger partial charge on any atom is -0.393 e. The monoisotopic (exact) mass is 238 g/mol. The Morgan fingerprint density at radius 1 is 1.24 bits per heavy atom. The van der Waals surface area contributed by atoms with Crippen LogP contribution < -0.4 is 0 Å². The van der Waals surface area contributed by atoms with Crippen molar-refractivity contribution >= 4 is 0 Å². The van der Waals surface area contributed by atoms with Crippen molar-refractivity contribution in [1.29, 1.82) is 0 Å². The number of aliphatic hydroxyl groups is 2. The Morgan fingerprint density at radius 2 is 1.88 bits per heavy atom. The second kappa shape index (κ2) is 4.10. The molecule has 0 saturated heterocycles. The predicted octanol–water partition coefficient (Wildman–Crippen LogP) is 2.89. The third-order valence-electron chi connectivity index (χ3n) is 5.08. The van der Waals surface area contributed by atoms with E-state index in [1.165, 1.54) is 5.57 Å². The molecule has 0 bridgehead atoms. The van der Waals surface area contributed by atoms with Gasteiger partial charge in [-0.05, 0) is 49.4 Å². The number of hydrogen-bond acceptors (Lipinski definition) is 2. The molecule has 4 atom stereocenters. The molecule has 2 aliphatic carbocycles. The molecule has 1 fully saturated rings. The Kier molecular flexibility index (Phi) is 3.16. The lowest BCUT2D eigenvalue weighted by molar-refractivity contribution is -0.000852. The number of rotatable bonds is 0. The average Bonchev–Trinajstić information content (AvgIpc) is 2.95. The number of aliphatic hydroxyl groups excluding tert-OH is 2. The smallest absolute Gasteiger partial charge is 0.0628 e. The van der Waals surface area contributed by atoms with E-state index in [9.17, 15) is 10.2 Å².